The van der Waals surface area contributed by atoms with Crippen LogP contribution in [0, 0.1) is 0 Å². The second-order valence-corrected chi connectivity index (χ2v) is 10.1. The minimum absolute atomic E-state index is 0.0753. The Balaban J connectivity index is 1.45. The van der Waals surface area contributed by atoms with E-state index in [1.54, 1.807) is 20.2 Å². The molecule has 0 aliphatic carbocycles. The van der Waals surface area contributed by atoms with Crippen molar-refractivity contribution < 1.29 is 22.7 Å². The van der Waals surface area contributed by atoms with E-state index in [4.69, 9.17) is 9.47 Å². The van der Waals surface area contributed by atoms with Crippen LogP contribution in [0.5, 0.6) is 5.75 Å². The SMILES string of the molecule is CCS(=O)(=O)N1CCC2(CC1)O[C@H](C(=O)NCc1ccc(OC)cc1)Cn1ccnc12. The van der Waals surface area contributed by atoms with Gasteiger partial charge in [0, 0.05) is 32.0 Å². The molecule has 1 aromatic heterocycles. The predicted octanol–water partition coefficient (Wildman–Crippen LogP) is 1.25. The molecule has 1 spiro atoms. The summed E-state index contributed by atoms with van der Waals surface area (Å²) in [4.78, 5) is 17.4. The summed E-state index contributed by atoms with van der Waals surface area (Å²) >= 11 is 0. The lowest BCUT2D eigenvalue weighted by molar-refractivity contribution is -0.171. The number of aromatic nitrogens is 2. The van der Waals surface area contributed by atoms with Gasteiger partial charge < -0.3 is 19.4 Å². The van der Waals surface area contributed by atoms with Crippen molar-refractivity contribution >= 4 is 15.9 Å². The molecule has 1 fully saturated rings. The van der Waals surface area contributed by atoms with Gasteiger partial charge in [-0.25, -0.2) is 17.7 Å². The number of rotatable bonds is 6. The molecule has 0 unspecified atom stereocenters. The standard InChI is InChI=1S/C21H28N4O5S/c1-3-31(27,28)25-11-8-21(9-12-25)20-22-10-13-24(20)15-18(30-21)19(26)23-14-16-4-6-17(29-2)7-5-16/h4-7,10,13,18H,3,8-9,11-12,14-15H2,1-2H3,(H,23,26)/t18-/m0/s1. The van der Waals surface area contributed by atoms with Crippen LogP contribution in [-0.2, 0) is 38.2 Å². The van der Waals surface area contributed by atoms with Crippen molar-refractivity contribution in [3.8, 4) is 5.75 Å². The average molecular weight is 449 g/mol. The van der Waals surface area contributed by atoms with Gasteiger partial charge in [0.2, 0.25) is 10.0 Å². The number of sulfonamides is 1. The molecule has 0 bridgehead atoms. The van der Waals surface area contributed by atoms with Gasteiger partial charge in [0.05, 0.1) is 19.4 Å². The van der Waals surface area contributed by atoms with E-state index in [9.17, 15) is 13.2 Å². The van der Waals surface area contributed by atoms with Crippen molar-refractivity contribution in [2.75, 3.05) is 26.0 Å². The molecule has 1 aromatic carbocycles. The number of imidazole rings is 1. The zero-order valence-electron chi connectivity index (χ0n) is 17.8. The van der Waals surface area contributed by atoms with E-state index in [1.165, 1.54) is 4.31 Å². The molecule has 4 rings (SSSR count). The summed E-state index contributed by atoms with van der Waals surface area (Å²) in [7, 11) is -1.64. The summed E-state index contributed by atoms with van der Waals surface area (Å²) in [5, 5.41) is 2.95. The minimum atomic E-state index is -3.25. The number of carbonyl (C=O) groups is 1. The molecular weight excluding hydrogens is 420 g/mol. The number of hydrogen-bond acceptors (Lipinski definition) is 6. The Bertz CT molecular complexity index is 1030. The number of piperidine rings is 1. The van der Waals surface area contributed by atoms with Crippen molar-refractivity contribution in [2.45, 2.75) is 44.6 Å². The van der Waals surface area contributed by atoms with Crippen molar-refractivity contribution in [2.24, 2.45) is 0 Å². The number of benzene rings is 1. The number of nitrogens with one attached hydrogen (secondary N) is 1. The predicted molar refractivity (Wildman–Crippen MR) is 114 cm³/mol. The fourth-order valence-corrected chi connectivity index (χ4v) is 5.33. The van der Waals surface area contributed by atoms with Gasteiger partial charge in [0.1, 0.15) is 17.2 Å². The van der Waals surface area contributed by atoms with E-state index in [1.807, 2.05) is 35.0 Å². The molecule has 9 nitrogen and oxygen atoms in total. The van der Waals surface area contributed by atoms with Crippen LogP contribution in [0.2, 0.25) is 0 Å². The van der Waals surface area contributed by atoms with Crippen LogP contribution in [0.4, 0.5) is 0 Å². The Morgan fingerprint density at radius 2 is 2.00 bits per heavy atom. The lowest BCUT2D eigenvalue weighted by atomic mass is 9.89. The fraction of sp³-hybridized carbons (Fsp3) is 0.524. The zero-order chi connectivity index (χ0) is 22.1. The van der Waals surface area contributed by atoms with Gasteiger partial charge in [-0.2, -0.15) is 0 Å². The Morgan fingerprint density at radius 1 is 1.29 bits per heavy atom. The number of methoxy groups -OCH3 is 1. The summed E-state index contributed by atoms with van der Waals surface area (Å²) in [6.07, 6.45) is 3.80. The first-order valence-corrected chi connectivity index (χ1v) is 12.1. The van der Waals surface area contributed by atoms with Crippen molar-refractivity contribution in [1.82, 2.24) is 19.2 Å². The largest absolute Gasteiger partial charge is 0.497 e. The molecule has 3 heterocycles. The molecule has 31 heavy (non-hydrogen) atoms. The van der Waals surface area contributed by atoms with Crippen LogP contribution in [-0.4, -0.2) is 60.2 Å². The van der Waals surface area contributed by atoms with Gasteiger partial charge in [0.25, 0.3) is 5.91 Å². The van der Waals surface area contributed by atoms with Gasteiger partial charge in [-0.1, -0.05) is 12.1 Å². The molecule has 2 aromatic rings. The molecule has 0 radical (unpaired) electrons. The summed E-state index contributed by atoms with van der Waals surface area (Å²) in [5.41, 5.74) is 0.199. The summed E-state index contributed by atoms with van der Waals surface area (Å²) < 4.78 is 39.4. The molecule has 0 saturated carbocycles. The maximum absolute atomic E-state index is 12.9. The smallest absolute Gasteiger partial charge is 0.251 e. The van der Waals surface area contributed by atoms with Crippen LogP contribution in [0.1, 0.15) is 31.2 Å². The minimum Gasteiger partial charge on any atom is -0.497 e. The second-order valence-electron chi connectivity index (χ2n) is 7.87. The molecule has 1 N–H and O–H groups in total. The van der Waals surface area contributed by atoms with Gasteiger partial charge in [0.15, 0.2) is 6.10 Å². The van der Waals surface area contributed by atoms with Gasteiger partial charge in [-0.15, -0.1) is 0 Å². The highest BCUT2D eigenvalue weighted by Crippen LogP contribution is 2.40. The zero-order valence-corrected chi connectivity index (χ0v) is 18.6. The highest BCUT2D eigenvalue weighted by Gasteiger charge is 2.48. The first kappa shape index (κ1) is 21.8. The van der Waals surface area contributed by atoms with Gasteiger partial charge in [-0.3, -0.25) is 4.79 Å². The quantitative estimate of drug-likeness (QED) is 0.714. The summed E-state index contributed by atoms with van der Waals surface area (Å²) in [6, 6.07) is 7.51. The Hall–Kier alpha value is -2.43. The third kappa shape index (κ3) is 4.32. The monoisotopic (exact) mass is 448 g/mol. The van der Waals surface area contributed by atoms with Gasteiger partial charge >= 0.3 is 0 Å². The first-order valence-electron chi connectivity index (χ1n) is 10.4. The van der Waals surface area contributed by atoms with Crippen molar-refractivity contribution in [1.29, 1.82) is 0 Å². The number of carbonyl (C=O) groups excluding carboxylic acids is 1. The highest BCUT2D eigenvalue weighted by atomic mass is 32.2. The number of ether oxygens (including phenoxy) is 2. The molecule has 10 heteroatoms. The molecular formula is C21H28N4O5S. The van der Waals surface area contributed by atoms with Crippen LogP contribution in [0.25, 0.3) is 0 Å². The first-order chi connectivity index (χ1) is 14.9. The topological polar surface area (TPSA) is 103 Å². The average Bonchev–Trinajstić information content (AvgIpc) is 3.28. The maximum atomic E-state index is 12.9. The van der Waals surface area contributed by atoms with Crippen LogP contribution in [0.3, 0.4) is 0 Å². The van der Waals surface area contributed by atoms with E-state index < -0.39 is 21.7 Å². The number of hydrogen-bond donors (Lipinski definition) is 1. The molecule has 1 saturated heterocycles. The van der Waals surface area contributed by atoms with Crippen molar-refractivity contribution in [3.05, 3.63) is 48.0 Å². The van der Waals surface area contributed by atoms with E-state index in [0.717, 1.165) is 17.1 Å². The second kappa shape index (κ2) is 8.60. The summed E-state index contributed by atoms with van der Waals surface area (Å²) in [6.45, 7) is 3.11. The Morgan fingerprint density at radius 3 is 2.65 bits per heavy atom. The Kier molecular flexibility index (Phi) is 6.05. The summed E-state index contributed by atoms with van der Waals surface area (Å²) in [5.74, 6) is 1.40. The number of amides is 1. The Labute approximate surface area is 182 Å². The molecule has 1 amide bonds. The molecule has 2 aliphatic rings. The normalized spacial score (nSPS) is 20.9. The molecule has 168 valence electrons. The number of fused-ring (bicyclic) bond motifs is 2. The van der Waals surface area contributed by atoms with Gasteiger partial charge in [-0.05, 0) is 37.5 Å². The number of nitrogens with zero attached hydrogens (tertiary/aromatic N) is 3. The van der Waals surface area contributed by atoms with E-state index in [0.29, 0.717) is 39.0 Å². The third-order valence-electron chi connectivity index (χ3n) is 6.06. The lowest BCUT2D eigenvalue weighted by Gasteiger charge is -2.45. The van der Waals surface area contributed by atoms with Crippen LogP contribution < -0.4 is 10.1 Å². The van der Waals surface area contributed by atoms with E-state index in [-0.39, 0.29) is 11.7 Å². The van der Waals surface area contributed by atoms with E-state index >= 15 is 0 Å². The maximum Gasteiger partial charge on any atom is 0.251 e. The van der Waals surface area contributed by atoms with Crippen LogP contribution in [0.15, 0.2) is 36.7 Å². The molecule has 1 atom stereocenters. The van der Waals surface area contributed by atoms with Crippen LogP contribution >= 0.6 is 0 Å². The third-order valence-corrected chi connectivity index (χ3v) is 7.94. The van der Waals surface area contributed by atoms with Crippen molar-refractivity contribution in [3.63, 3.8) is 0 Å². The molecule has 2 aliphatic heterocycles. The fourth-order valence-electron chi connectivity index (χ4n) is 4.23. The van der Waals surface area contributed by atoms with E-state index in [2.05, 4.69) is 10.3 Å². The highest BCUT2D eigenvalue weighted by molar-refractivity contribution is 7.89. The lowest BCUT2D eigenvalue weighted by Crippen LogP contribution is -2.54.